The van der Waals surface area contributed by atoms with Gasteiger partial charge >= 0.3 is 6.18 Å². The number of anilines is 1. The number of aromatic nitrogens is 1. The number of hydrogen-bond acceptors (Lipinski definition) is 4. The highest BCUT2D eigenvalue weighted by Crippen LogP contribution is 2.29. The summed E-state index contributed by atoms with van der Waals surface area (Å²) in [6, 6.07) is 5.86. The van der Waals surface area contributed by atoms with Crippen molar-refractivity contribution in [3.63, 3.8) is 0 Å². The zero-order valence-electron chi connectivity index (χ0n) is 13.2. The average Bonchev–Trinajstić information content (AvgIpc) is 3.13. The third-order valence-corrected chi connectivity index (χ3v) is 3.92. The van der Waals surface area contributed by atoms with Crippen LogP contribution in [0.2, 0.25) is 0 Å². The van der Waals surface area contributed by atoms with Gasteiger partial charge in [-0.3, -0.25) is 4.79 Å². The lowest BCUT2D eigenvalue weighted by Gasteiger charge is -2.35. The van der Waals surface area contributed by atoms with Crippen LogP contribution < -0.4 is 4.90 Å². The Morgan fingerprint density at radius 2 is 1.92 bits per heavy atom. The van der Waals surface area contributed by atoms with Crippen LogP contribution in [-0.2, 0) is 11.0 Å². The van der Waals surface area contributed by atoms with E-state index in [1.807, 2.05) is 4.90 Å². The molecule has 8 heteroatoms. The first-order chi connectivity index (χ1) is 11.9. The molecule has 3 heterocycles. The molecule has 1 fully saturated rings. The Kier molecular flexibility index (Phi) is 4.78. The van der Waals surface area contributed by atoms with Crippen molar-refractivity contribution < 1.29 is 22.4 Å². The van der Waals surface area contributed by atoms with Crippen LogP contribution in [-0.4, -0.2) is 42.0 Å². The maximum absolute atomic E-state index is 12.6. The number of furan rings is 1. The van der Waals surface area contributed by atoms with E-state index in [4.69, 9.17) is 4.42 Å². The van der Waals surface area contributed by atoms with Crippen LogP contribution in [0.15, 0.2) is 47.2 Å². The van der Waals surface area contributed by atoms with E-state index < -0.39 is 11.7 Å². The maximum Gasteiger partial charge on any atom is 0.417 e. The molecular weight excluding hydrogens is 335 g/mol. The van der Waals surface area contributed by atoms with Crippen molar-refractivity contribution in [1.82, 2.24) is 9.88 Å². The summed E-state index contributed by atoms with van der Waals surface area (Å²) in [5.41, 5.74) is -0.770. The molecule has 5 nitrogen and oxygen atoms in total. The minimum Gasteiger partial charge on any atom is -0.465 e. The van der Waals surface area contributed by atoms with E-state index in [-0.39, 0.29) is 5.91 Å². The van der Waals surface area contributed by atoms with Gasteiger partial charge in [0.15, 0.2) is 0 Å². The molecule has 0 aromatic carbocycles. The van der Waals surface area contributed by atoms with Crippen molar-refractivity contribution >= 4 is 17.8 Å². The molecule has 0 saturated carbocycles. The van der Waals surface area contributed by atoms with Gasteiger partial charge in [0.2, 0.25) is 5.91 Å². The molecule has 0 bridgehead atoms. The van der Waals surface area contributed by atoms with Gasteiger partial charge in [-0.2, -0.15) is 13.2 Å². The molecule has 25 heavy (non-hydrogen) atoms. The van der Waals surface area contributed by atoms with Crippen LogP contribution >= 0.6 is 0 Å². The Morgan fingerprint density at radius 1 is 1.16 bits per heavy atom. The first kappa shape index (κ1) is 17.1. The first-order valence-corrected chi connectivity index (χ1v) is 7.72. The summed E-state index contributed by atoms with van der Waals surface area (Å²) < 4.78 is 42.8. The molecule has 0 spiro atoms. The predicted molar refractivity (Wildman–Crippen MR) is 85.8 cm³/mol. The summed E-state index contributed by atoms with van der Waals surface area (Å²) in [4.78, 5) is 19.6. The number of alkyl halides is 3. The number of rotatable bonds is 3. The molecule has 2 aromatic rings. The highest BCUT2D eigenvalue weighted by Gasteiger charge is 2.31. The van der Waals surface area contributed by atoms with Gasteiger partial charge in [0.05, 0.1) is 11.8 Å². The Morgan fingerprint density at radius 3 is 2.48 bits per heavy atom. The van der Waals surface area contributed by atoms with E-state index in [0.29, 0.717) is 37.8 Å². The Bertz CT molecular complexity index is 731. The molecule has 0 atom stereocenters. The van der Waals surface area contributed by atoms with Gasteiger partial charge in [-0.15, -0.1) is 0 Å². The maximum atomic E-state index is 12.6. The molecule has 0 unspecified atom stereocenters. The molecule has 3 rings (SSSR count). The number of piperazine rings is 1. The summed E-state index contributed by atoms with van der Waals surface area (Å²) in [5, 5.41) is 0. The minimum atomic E-state index is -4.39. The Balaban J connectivity index is 1.55. The molecule has 0 radical (unpaired) electrons. The normalized spacial score (nSPS) is 15.8. The van der Waals surface area contributed by atoms with Crippen molar-refractivity contribution in [1.29, 1.82) is 0 Å². The van der Waals surface area contributed by atoms with Crippen LogP contribution in [0.4, 0.5) is 19.0 Å². The Hall–Kier alpha value is -2.77. The molecule has 1 aliphatic rings. The van der Waals surface area contributed by atoms with Crippen LogP contribution in [0.1, 0.15) is 11.3 Å². The quantitative estimate of drug-likeness (QED) is 0.798. The molecule has 1 aliphatic heterocycles. The third kappa shape index (κ3) is 4.20. The molecule has 1 amide bonds. The standard InChI is InChI=1S/C17H16F3N3O2/c18-17(19,20)13-3-5-15(21-12-13)22-7-9-23(10-8-22)16(24)6-4-14-2-1-11-25-14/h1-6,11-12H,7-10H2/b6-4+. The summed E-state index contributed by atoms with van der Waals surface area (Å²) in [6.07, 6.45) is 1.02. The fourth-order valence-corrected chi connectivity index (χ4v) is 2.54. The van der Waals surface area contributed by atoms with Crippen LogP contribution in [0.5, 0.6) is 0 Å². The number of halogens is 3. The highest BCUT2D eigenvalue weighted by atomic mass is 19.4. The van der Waals surface area contributed by atoms with Crippen molar-refractivity contribution in [3.05, 3.63) is 54.1 Å². The van der Waals surface area contributed by atoms with E-state index in [1.165, 1.54) is 18.4 Å². The predicted octanol–water partition coefficient (Wildman–Crippen LogP) is 3.06. The van der Waals surface area contributed by atoms with Gasteiger partial charge in [-0.05, 0) is 30.3 Å². The number of carbonyl (C=O) groups excluding carboxylic acids is 1. The monoisotopic (exact) mass is 351 g/mol. The number of amides is 1. The van der Waals surface area contributed by atoms with Gasteiger partial charge in [-0.25, -0.2) is 4.98 Å². The minimum absolute atomic E-state index is 0.128. The van der Waals surface area contributed by atoms with Crippen LogP contribution in [0, 0.1) is 0 Å². The number of nitrogens with zero attached hydrogens (tertiary/aromatic N) is 3. The van der Waals surface area contributed by atoms with Crippen LogP contribution in [0.3, 0.4) is 0 Å². The zero-order chi connectivity index (χ0) is 17.9. The highest BCUT2D eigenvalue weighted by molar-refractivity contribution is 5.91. The molecule has 0 aliphatic carbocycles. The van der Waals surface area contributed by atoms with Gasteiger partial charge in [0.1, 0.15) is 11.6 Å². The summed E-state index contributed by atoms with van der Waals surface area (Å²) in [7, 11) is 0. The number of carbonyl (C=O) groups is 1. The lowest BCUT2D eigenvalue weighted by Crippen LogP contribution is -2.48. The molecule has 1 saturated heterocycles. The van der Waals surface area contributed by atoms with E-state index in [1.54, 1.807) is 23.1 Å². The second-order valence-corrected chi connectivity index (χ2v) is 5.56. The zero-order valence-corrected chi connectivity index (χ0v) is 13.2. The SMILES string of the molecule is O=C(/C=C/c1ccco1)N1CCN(c2ccc(C(F)(F)F)cn2)CC1. The average molecular weight is 351 g/mol. The molecule has 132 valence electrons. The van der Waals surface area contributed by atoms with E-state index in [0.717, 1.165) is 12.3 Å². The first-order valence-electron chi connectivity index (χ1n) is 7.72. The third-order valence-electron chi connectivity index (χ3n) is 3.92. The van der Waals surface area contributed by atoms with E-state index in [9.17, 15) is 18.0 Å². The topological polar surface area (TPSA) is 49.6 Å². The van der Waals surface area contributed by atoms with Gasteiger partial charge in [-0.1, -0.05) is 0 Å². The molecular formula is C17H16F3N3O2. The number of pyridine rings is 1. The molecule has 2 aromatic heterocycles. The summed E-state index contributed by atoms with van der Waals surface area (Å²) in [5.74, 6) is 0.948. The summed E-state index contributed by atoms with van der Waals surface area (Å²) in [6.45, 7) is 1.98. The van der Waals surface area contributed by atoms with Crippen molar-refractivity contribution in [3.8, 4) is 0 Å². The fraction of sp³-hybridized carbons (Fsp3) is 0.294. The molecule has 0 N–H and O–H groups in total. The second-order valence-electron chi connectivity index (χ2n) is 5.56. The number of hydrogen-bond donors (Lipinski definition) is 0. The van der Waals surface area contributed by atoms with Crippen molar-refractivity contribution in [2.45, 2.75) is 6.18 Å². The van der Waals surface area contributed by atoms with E-state index in [2.05, 4.69) is 4.98 Å². The van der Waals surface area contributed by atoms with E-state index >= 15 is 0 Å². The van der Waals surface area contributed by atoms with Crippen LogP contribution in [0.25, 0.3) is 6.08 Å². The van der Waals surface area contributed by atoms with Crippen molar-refractivity contribution in [2.24, 2.45) is 0 Å². The fourth-order valence-electron chi connectivity index (χ4n) is 2.54. The lowest BCUT2D eigenvalue weighted by atomic mass is 10.2. The van der Waals surface area contributed by atoms with Gasteiger partial charge in [0.25, 0.3) is 0 Å². The smallest absolute Gasteiger partial charge is 0.417 e. The lowest BCUT2D eigenvalue weighted by molar-refractivity contribution is -0.137. The van der Waals surface area contributed by atoms with Gasteiger partial charge in [0, 0.05) is 38.5 Å². The second kappa shape index (κ2) is 7.00. The Labute approximate surface area is 142 Å². The van der Waals surface area contributed by atoms with Gasteiger partial charge < -0.3 is 14.2 Å². The largest absolute Gasteiger partial charge is 0.465 e. The summed E-state index contributed by atoms with van der Waals surface area (Å²) >= 11 is 0. The van der Waals surface area contributed by atoms with Crippen molar-refractivity contribution in [2.75, 3.05) is 31.1 Å².